The molecule has 0 amide bonds. The Morgan fingerprint density at radius 3 is 2.73 bits per heavy atom. The topological polar surface area (TPSA) is 102 Å². The van der Waals surface area contributed by atoms with Crippen LogP contribution < -0.4 is 26.4 Å². The highest BCUT2D eigenvalue weighted by molar-refractivity contribution is 6.29. The van der Waals surface area contributed by atoms with Crippen molar-refractivity contribution in [3.63, 3.8) is 0 Å². The van der Waals surface area contributed by atoms with Crippen LogP contribution in [0.15, 0.2) is 77.3 Å². The van der Waals surface area contributed by atoms with Crippen LogP contribution in [0, 0.1) is 0 Å². The molecule has 0 aliphatic carbocycles. The SMILES string of the molecule is CN=C1NC(N)(c2ccc(-n3cnc(Cl)c3)c(OC)c2)NC2=C1CNCC2c1ccccc1. The van der Waals surface area contributed by atoms with Crippen molar-refractivity contribution >= 4 is 17.4 Å². The molecule has 2 aromatic carbocycles. The van der Waals surface area contributed by atoms with E-state index in [9.17, 15) is 0 Å². The van der Waals surface area contributed by atoms with E-state index < -0.39 is 5.79 Å². The van der Waals surface area contributed by atoms with Crippen molar-refractivity contribution in [1.29, 1.82) is 0 Å². The van der Waals surface area contributed by atoms with Gasteiger partial charge in [-0.3, -0.25) is 10.7 Å². The summed E-state index contributed by atoms with van der Waals surface area (Å²) in [6.45, 7) is 1.53. The summed E-state index contributed by atoms with van der Waals surface area (Å²) in [6.07, 6.45) is 3.38. The number of amidine groups is 1. The van der Waals surface area contributed by atoms with Gasteiger partial charge >= 0.3 is 0 Å². The summed E-state index contributed by atoms with van der Waals surface area (Å²) >= 11 is 6.01. The lowest BCUT2D eigenvalue weighted by atomic mass is 9.86. The average Bonchev–Trinajstić information content (AvgIpc) is 3.29. The predicted molar refractivity (Wildman–Crippen MR) is 130 cm³/mol. The minimum atomic E-state index is -1.07. The number of aliphatic imine (C=N–C) groups is 1. The van der Waals surface area contributed by atoms with E-state index in [0.29, 0.717) is 17.4 Å². The van der Waals surface area contributed by atoms with Crippen molar-refractivity contribution in [1.82, 2.24) is 25.5 Å². The Morgan fingerprint density at radius 2 is 2.03 bits per heavy atom. The van der Waals surface area contributed by atoms with E-state index in [1.807, 2.05) is 28.8 Å². The molecule has 2 aliphatic rings. The minimum absolute atomic E-state index is 0.131. The number of ether oxygens (including phenoxy) is 1. The Kier molecular flexibility index (Phi) is 5.57. The van der Waals surface area contributed by atoms with Gasteiger partial charge in [0.25, 0.3) is 0 Å². The van der Waals surface area contributed by atoms with Crippen molar-refractivity contribution in [2.24, 2.45) is 10.7 Å². The quantitative estimate of drug-likeness (QED) is 0.474. The van der Waals surface area contributed by atoms with Gasteiger partial charge in [0.15, 0.2) is 5.79 Å². The number of nitrogens with two attached hydrogens (primary N) is 1. The molecule has 0 radical (unpaired) electrons. The molecule has 5 N–H and O–H groups in total. The second kappa shape index (κ2) is 8.55. The smallest absolute Gasteiger partial charge is 0.190 e. The molecule has 170 valence electrons. The number of rotatable bonds is 4. The molecule has 1 aromatic heterocycles. The van der Waals surface area contributed by atoms with Crippen LogP contribution in [0.25, 0.3) is 5.69 Å². The predicted octanol–water partition coefficient (Wildman–Crippen LogP) is 2.47. The lowest BCUT2D eigenvalue weighted by Crippen LogP contribution is -2.67. The van der Waals surface area contributed by atoms with E-state index in [-0.39, 0.29) is 5.92 Å². The van der Waals surface area contributed by atoms with Crippen molar-refractivity contribution in [2.45, 2.75) is 11.7 Å². The van der Waals surface area contributed by atoms with Gasteiger partial charge in [0.2, 0.25) is 0 Å². The highest BCUT2D eigenvalue weighted by atomic mass is 35.5. The molecule has 2 unspecified atom stereocenters. The van der Waals surface area contributed by atoms with E-state index in [2.05, 4.69) is 50.2 Å². The maximum absolute atomic E-state index is 6.96. The number of hydrogen-bond donors (Lipinski definition) is 4. The zero-order chi connectivity index (χ0) is 23.0. The molecule has 5 rings (SSSR count). The van der Waals surface area contributed by atoms with Gasteiger partial charge in [0, 0.05) is 49.1 Å². The molecule has 0 saturated carbocycles. The van der Waals surface area contributed by atoms with E-state index in [1.54, 1.807) is 26.7 Å². The fourth-order valence-corrected chi connectivity index (χ4v) is 4.65. The van der Waals surface area contributed by atoms with Gasteiger partial charge in [-0.1, -0.05) is 48.0 Å². The van der Waals surface area contributed by atoms with Crippen molar-refractivity contribution in [3.05, 3.63) is 88.6 Å². The fraction of sp³-hybridized carbons (Fsp3) is 0.250. The molecule has 9 heteroatoms. The minimum Gasteiger partial charge on any atom is -0.495 e. The van der Waals surface area contributed by atoms with Crippen molar-refractivity contribution in [3.8, 4) is 11.4 Å². The lowest BCUT2D eigenvalue weighted by molar-refractivity contribution is 0.316. The zero-order valence-electron chi connectivity index (χ0n) is 18.5. The third-order valence-corrected chi connectivity index (χ3v) is 6.34. The number of halogens is 1. The molecule has 33 heavy (non-hydrogen) atoms. The summed E-state index contributed by atoms with van der Waals surface area (Å²) in [5, 5.41) is 10.9. The average molecular weight is 464 g/mol. The molecule has 2 aliphatic heterocycles. The first-order chi connectivity index (χ1) is 16.0. The van der Waals surface area contributed by atoms with Crippen LogP contribution in [-0.2, 0) is 5.79 Å². The molecule has 0 fully saturated rings. The molecule has 3 aromatic rings. The molecule has 0 bridgehead atoms. The molecule has 8 nitrogen and oxygen atoms in total. The van der Waals surface area contributed by atoms with E-state index in [0.717, 1.165) is 34.9 Å². The van der Waals surface area contributed by atoms with Crippen LogP contribution >= 0.6 is 11.6 Å². The number of benzene rings is 2. The largest absolute Gasteiger partial charge is 0.495 e. The number of imidazole rings is 1. The van der Waals surface area contributed by atoms with E-state index in [1.165, 1.54) is 5.56 Å². The third-order valence-electron chi connectivity index (χ3n) is 6.15. The number of nitrogens with zero attached hydrogens (tertiary/aromatic N) is 3. The Balaban J connectivity index is 1.56. The van der Waals surface area contributed by atoms with Gasteiger partial charge < -0.3 is 25.3 Å². The highest BCUT2D eigenvalue weighted by Crippen LogP contribution is 2.34. The monoisotopic (exact) mass is 463 g/mol. The molecular formula is C24H26ClN7O. The first-order valence-electron chi connectivity index (χ1n) is 10.7. The Morgan fingerprint density at radius 1 is 1.21 bits per heavy atom. The standard InChI is InChI=1S/C24H26ClN7O/c1-27-23-18-12-28-11-17(15-6-4-3-5-7-15)22(18)30-24(26,31-23)16-8-9-19(20(10-16)33-2)32-13-21(25)29-14-32/h3-10,13-14,17,28,30H,11-12,26H2,1-2H3,(H,27,31). The second-order valence-corrected chi connectivity index (χ2v) is 8.49. The molecule has 2 atom stereocenters. The van der Waals surface area contributed by atoms with Crippen LogP contribution in [0.2, 0.25) is 5.15 Å². The highest BCUT2D eigenvalue weighted by Gasteiger charge is 2.40. The summed E-state index contributed by atoms with van der Waals surface area (Å²) in [4.78, 5) is 8.61. The van der Waals surface area contributed by atoms with E-state index in [4.69, 9.17) is 22.1 Å². The number of hydrogen-bond acceptors (Lipinski definition) is 6. The van der Waals surface area contributed by atoms with Crippen LogP contribution in [0.3, 0.4) is 0 Å². The maximum atomic E-state index is 6.96. The number of nitrogens with one attached hydrogen (secondary N) is 3. The van der Waals surface area contributed by atoms with Crippen LogP contribution in [0.5, 0.6) is 5.75 Å². The molecule has 0 saturated heterocycles. The molecular weight excluding hydrogens is 438 g/mol. The summed E-state index contributed by atoms with van der Waals surface area (Å²) in [6, 6.07) is 16.2. The normalized spacial score (nSPS) is 23.6. The van der Waals surface area contributed by atoms with Crippen molar-refractivity contribution < 1.29 is 4.74 Å². The Hall–Kier alpha value is -3.33. The first kappa shape index (κ1) is 21.5. The van der Waals surface area contributed by atoms with Crippen molar-refractivity contribution in [2.75, 3.05) is 27.2 Å². The summed E-state index contributed by atoms with van der Waals surface area (Å²) in [5.41, 5.74) is 12.0. The fourth-order valence-electron chi connectivity index (χ4n) is 4.50. The summed E-state index contributed by atoms with van der Waals surface area (Å²) in [5.74, 6) is 0.473. The van der Waals surface area contributed by atoms with Crippen LogP contribution in [0.4, 0.5) is 0 Å². The van der Waals surface area contributed by atoms with Crippen LogP contribution in [0.1, 0.15) is 17.0 Å². The third kappa shape index (κ3) is 3.86. The lowest BCUT2D eigenvalue weighted by Gasteiger charge is -2.44. The Bertz CT molecular complexity index is 1240. The van der Waals surface area contributed by atoms with Gasteiger partial charge in [-0.05, 0) is 17.7 Å². The van der Waals surface area contributed by atoms with Gasteiger partial charge in [0.1, 0.15) is 23.1 Å². The van der Waals surface area contributed by atoms with Gasteiger partial charge in [-0.2, -0.15) is 0 Å². The summed E-state index contributed by atoms with van der Waals surface area (Å²) in [7, 11) is 3.40. The maximum Gasteiger partial charge on any atom is 0.190 e. The Labute approximate surface area is 197 Å². The van der Waals surface area contributed by atoms with E-state index >= 15 is 0 Å². The summed E-state index contributed by atoms with van der Waals surface area (Å²) < 4.78 is 7.49. The van der Waals surface area contributed by atoms with Gasteiger partial charge in [-0.25, -0.2) is 4.98 Å². The van der Waals surface area contributed by atoms with Gasteiger partial charge in [0.05, 0.1) is 12.8 Å². The number of aromatic nitrogens is 2. The zero-order valence-corrected chi connectivity index (χ0v) is 19.2. The van der Waals surface area contributed by atoms with Gasteiger partial charge in [-0.15, -0.1) is 0 Å². The molecule has 0 spiro atoms. The molecule has 3 heterocycles. The number of methoxy groups -OCH3 is 1. The second-order valence-electron chi connectivity index (χ2n) is 8.11. The van der Waals surface area contributed by atoms with Crippen LogP contribution in [-0.4, -0.2) is 42.6 Å². The first-order valence-corrected chi connectivity index (χ1v) is 11.1.